The lowest BCUT2D eigenvalue weighted by Gasteiger charge is -2.32. The molecular weight excluding hydrogens is 466 g/mol. The molecule has 7 heteroatoms. The van der Waals surface area contributed by atoms with Crippen molar-refractivity contribution < 1.29 is 19.1 Å². The summed E-state index contributed by atoms with van der Waals surface area (Å²) >= 11 is 0. The summed E-state index contributed by atoms with van der Waals surface area (Å²) in [5.74, 6) is 1.87. The third-order valence-electron chi connectivity index (χ3n) is 5.97. The summed E-state index contributed by atoms with van der Waals surface area (Å²) in [6.07, 6.45) is 6.59. The summed E-state index contributed by atoms with van der Waals surface area (Å²) < 4.78 is 5.26. The van der Waals surface area contributed by atoms with Crippen LogP contribution in [-0.4, -0.2) is 41.0 Å². The first kappa shape index (κ1) is 25.8. The quantitative estimate of drug-likeness (QED) is 0.449. The van der Waals surface area contributed by atoms with Gasteiger partial charge in [-0.25, -0.2) is 4.79 Å². The molecule has 0 aromatic heterocycles. The van der Waals surface area contributed by atoms with Crippen LogP contribution in [0.2, 0.25) is 0 Å². The molecule has 1 saturated carbocycles. The van der Waals surface area contributed by atoms with Crippen LogP contribution in [0.3, 0.4) is 0 Å². The molecule has 1 aliphatic rings. The lowest BCUT2D eigenvalue weighted by Crippen LogP contribution is -2.47. The van der Waals surface area contributed by atoms with E-state index in [1.165, 1.54) is 0 Å². The van der Waals surface area contributed by atoms with Gasteiger partial charge in [-0.1, -0.05) is 54.5 Å². The average Bonchev–Trinajstić information content (AvgIpc) is 3.69. The van der Waals surface area contributed by atoms with Gasteiger partial charge in [0.05, 0.1) is 0 Å². The highest BCUT2D eigenvalue weighted by Gasteiger charge is 2.42. The molecule has 0 spiro atoms. The molecule has 7 nitrogen and oxygen atoms in total. The molecule has 3 aromatic rings. The van der Waals surface area contributed by atoms with E-state index in [4.69, 9.17) is 11.2 Å². The average molecular weight is 498 g/mol. The SMILES string of the molecule is C#Cc1ccccc1C(C(=O)Nc1ccc2ccccc2c1)N(C(=O)CNC(=O)OC(C)(C)C)C1CC1. The Morgan fingerprint density at radius 2 is 1.70 bits per heavy atom. The van der Waals surface area contributed by atoms with Crippen LogP contribution in [0.4, 0.5) is 10.5 Å². The number of rotatable bonds is 7. The van der Waals surface area contributed by atoms with E-state index in [0.29, 0.717) is 16.8 Å². The molecular formula is C30H31N3O4. The summed E-state index contributed by atoms with van der Waals surface area (Å²) in [6, 6.07) is 19.5. The standard InChI is InChI=1S/C30H31N3O4/c1-5-20-10-8-9-13-25(20)27(28(35)32-23-15-14-21-11-6-7-12-22(21)18-23)33(24-16-17-24)26(34)19-31-29(36)37-30(2,3)4/h1,6-15,18,24,27H,16-17,19H2,2-4H3,(H,31,36)(H,32,35). The highest BCUT2D eigenvalue weighted by atomic mass is 16.6. The number of benzene rings is 3. The largest absolute Gasteiger partial charge is 0.444 e. The maximum absolute atomic E-state index is 13.8. The predicted octanol–water partition coefficient (Wildman–Crippen LogP) is 5.02. The molecule has 0 bridgehead atoms. The Kier molecular flexibility index (Phi) is 7.49. The van der Waals surface area contributed by atoms with Crippen molar-refractivity contribution in [2.45, 2.75) is 51.3 Å². The Labute approximate surface area is 217 Å². The van der Waals surface area contributed by atoms with E-state index in [1.54, 1.807) is 49.9 Å². The van der Waals surface area contributed by atoms with Crippen molar-refractivity contribution in [3.8, 4) is 12.3 Å². The van der Waals surface area contributed by atoms with Gasteiger partial charge in [0.2, 0.25) is 5.91 Å². The van der Waals surface area contributed by atoms with Crippen molar-refractivity contribution in [1.29, 1.82) is 0 Å². The van der Waals surface area contributed by atoms with Gasteiger partial charge in [-0.15, -0.1) is 6.42 Å². The Morgan fingerprint density at radius 3 is 2.38 bits per heavy atom. The van der Waals surface area contributed by atoms with Crippen LogP contribution < -0.4 is 10.6 Å². The molecule has 1 unspecified atom stereocenters. The Bertz CT molecular complexity index is 1360. The molecule has 0 aliphatic heterocycles. The zero-order chi connectivity index (χ0) is 26.6. The van der Waals surface area contributed by atoms with Gasteiger partial charge in [-0.3, -0.25) is 9.59 Å². The summed E-state index contributed by atoms with van der Waals surface area (Å²) in [6.45, 7) is 4.93. The van der Waals surface area contributed by atoms with Gasteiger partial charge >= 0.3 is 6.09 Å². The number of hydrogen-bond acceptors (Lipinski definition) is 4. The van der Waals surface area contributed by atoms with Gasteiger partial charge in [-0.2, -0.15) is 0 Å². The minimum atomic E-state index is -0.973. The summed E-state index contributed by atoms with van der Waals surface area (Å²) in [7, 11) is 0. The second-order valence-corrected chi connectivity index (χ2v) is 10.1. The first-order chi connectivity index (χ1) is 17.7. The fourth-order valence-corrected chi connectivity index (χ4v) is 4.23. The number of anilines is 1. The van der Waals surface area contributed by atoms with Crippen LogP contribution in [-0.2, 0) is 14.3 Å². The molecule has 0 radical (unpaired) electrons. The molecule has 0 heterocycles. The number of carbonyl (C=O) groups excluding carboxylic acids is 3. The highest BCUT2D eigenvalue weighted by molar-refractivity contribution is 6.00. The molecule has 190 valence electrons. The van der Waals surface area contributed by atoms with Crippen molar-refractivity contribution in [1.82, 2.24) is 10.2 Å². The maximum Gasteiger partial charge on any atom is 0.408 e. The number of alkyl carbamates (subject to hydrolysis) is 1. The second-order valence-electron chi connectivity index (χ2n) is 10.1. The van der Waals surface area contributed by atoms with Crippen molar-refractivity contribution in [3.63, 3.8) is 0 Å². The van der Waals surface area contributed by atoms with E-state index in [9.17, 15) is 14.4 Å². The number of nitrogens with zero attached hydrogens (tertiary/aromatic N) is 1. The molecule has 1 atom stereocenters. The van der Waals surface area contributed by atoms with Gasteiger partial charge in [-0.05, 0) is 68.1 Å². The molecule has 1 fully saturated rings. The molecule has 0 saturated heterocycles. The van der Waals surface area contributed by atoms with Gasteiger partial charge in [0, 0.05) is 17.3 Å². The Hall–Kier alpha value is -4.31. The predicted molar refractivity (Wildman–Crippen MR) is 144 cm³/mol. The number of amides is 3. The molecule has 1 aliphatic carbocycles. The number of fused-ring (bicyclic) bond motifs is 1. The first-order valence-electron chi connectivity index (χ1n) is 12.3. The first-order valence-corrected chi connectivity index (χ1v) is 12.3. The van der Waals surface area contributed by atoms with Gasteiger partial charge in [0.1, 0.15) is 18.2 Å². The number of nitrogens with one attached hydrogen (secondary N) is 2. The fraction of sp³-hybridized carbons (Fsp3) is 0.300. The summed E-state index contributed by atoms with van der Waals surface area (Å²) in [5, 5.41) is 7.54. The molecule has 4 rings (SSSR count). The van der Waals surface area contributed by atoms with Gasteiger partial charge in [0.25, 0.3) is 5.91 Å². The van der Waals surface area contributed by atoms with Crippen LogP contribution >= 0.6 is 0 Å². The lowest BCUT2D eigenvalue weighted by atomic mass is 9.97. The summed E-state index contributed by atoms with van der Waals surface area (Å²) in [5.41, 5.74) is 1.000. The lowest BCUT2D eigenvalue weighted by molar-refractivity contribution is -0.139. The Morgan fingerprint density at radius 1 is 1.03 bits per heavy atom. The van der Waals surface area contributed by atoms with E-state index < -0.39 is 17.7 Å². The van der Waals surface area contributed by atoms with Crippen molar-refractivity contribution in [2.75, 3.05) is 11.9 Å². The van der Waals surface area contributed by atoms with E-state index >= 15 is 0 Å². The third kappa shape index (κ3) is 6.47. The zero-order valence-electron chi connectivity index (χ0n) is 21.3. The number of carbonyl (C=O) groups is 3. The van der Waals surface area contributed by atoms with Crippen LogP contribution in [0.1, 0.15) is 50.8 Å². The van der Waals surface area contributed by atoms with Crippen molar-refractivity contribution in [2.24, 2.45) is 0 Å². The smallest absolute Gasteiger partial charge is 0.408 e. The van der Waals surface area contributed by atoms with E-state index in [2.05, 4.69) is 16.6 Å². The molecule has 3 amide bonds. The minimum Gasteiger partial charge on any atom is -0.444 e. The van der Waals surface area contributed by atoms with Crippen LogP contribution in [0.5, 0.6) is 0 Å². The van der Waals surface area contributed by atoms with E-state index in [-0.39, 0.29) is 24.4 Å². The normalized spacial score (nSPS) is 13.8. The molecule has 37 heavy (non-hydrogen) atoms. The minimum absolute atomic E-state index is 0.133. The number of terminal acetylenes is 1. The van der Waals surface area contributed by atoms with Crippen LogP contribution in [0, 0.1) is 12.3 Å². The van der Waals surface area contributed by atoms with E-state index in [1.807, 2.05) is 42.5 Å². The van der Waals surface area contributed by atoms with Crippen LogP contribution in [0.15, 0.2) is 66.7 Å². The second kappa shape index (κ2) is 10.8. The van der Waals surface area contributed by atoms with Gasteiger partial charge < -0.3 is 20.3 Å². The topological polar surface area (TPSA) is 87.7 Å². The highest BCUT2D eigenvalue weighted by Crippen LogP contribution is 2.36. The monoisotopic (exact) mass is 497 g/mol. The van der Waals surface area contributed by atoms with Crippen molar-refractivity contribution in [3.05, 3.63) is 77.9 Å². The van der Waals surface area contributed by atoms with Crippen molar-refractivity contribution >= 4 is 34.4 Å². The maximum atomic E-state index is 13.8. The number of hydrogen-bond donors (Lipinski definition) is 2. The zero-order valence-corrected chi connectivity index (χ0v) is 21.3. The molecule has 2 N–H and O–H groups in total. The van der Waals surface area contributed by atoms with E-state index in [0.717, 1.165) is 23.6 Å². The Balaban J connectivity index is 1.64. The van der Waals surface area contributed by atoms with Gasteiger partial charge in [0.15, 0.2) is 0 Å². The number of ether oxygens (including phenoxy) is 1. The molecule has 3 aromatic carbocycles. The fourth-order valence-electron chi connectivity index (χ4n) is 4.23. The summed E-state index contributed by atoms with van der Waals surface area (Å²) in [4.78, 5) is 41.0. The van der Waals surface area contributed by atoms with Crippen LogP contribution in [0.25, 0.3) is 10.8 Å². The third-order valence-corrected chi connectivity index (χ3v) is 5.97.